The lowest BCUT2D eigenvalue weighted by Crippen LogP contribution is -2.32. The number of aromatic nitrogens is 1. The summed E-state index contributed by atoms with van der Waals surface area (Å²) in [5.74, 6) is 0.0101. The highest BCUT2D eigenvalue weighted by atomic mass is 16.5. The van der Waals surface area contributed by atoms with E-state index in [-0.39, 0.29) is 5.97 Å². The summed E-state index contributed by atoms with van der Waals surface area (Å²) in [5.41, 5.74) is 2.56. The number of nitrogens with one attached hydrogen (secondary N) is 1. The smallest absolute Gasteiger partial charge is 0.328 e. The second kappa shape index (κ2) is 6.90. The Morgan fingerprint density at radius 1 is 1.50 bits per heavy atom. The number of carbonyl (C=O) groups is 1. The second-order valence-electron chi connectivity index (χ2n) is 5.23. The van der Waals surface area contributed by atoms with E-state index in [2.05, 4.69) is 16.4 Å². The van der Waals surface area contributed by atoms with Crippen molar-refractivity contribution >= 4 is 11.7 Å². The van der Waals surface area contributed by atoms with Crippen molar-refractivity contribution in [2.24, 2.45) is 5.92 Å². The molecule has 1 aromatic heterocycles. The van der Waals surface area contributed by atoms with E-state index in [4.69, 9.17) is 4.74 Å². The summed E-state index contributed by atoms with van der Waals surface area (Å²) in [6.07, 6.45) is 0.637. The fourth-order valence-electron chi connectivity index (χ4n) is 2.10. The van der Waals surface area contributed by atoms with E-state index in [1.54, 1.807) is 13.0 Å². The minimum absolute atomic E-state index is 0.324. The third kappa shape index (κ3) is 3.95. The maximum Gasteiger partial charge on any atom is 0.328 e. The van der Waals surface area contributed by atoms with Crippen LogP contribution in [0.2, 0.25) is 0 Å². The number of hydrogen-bond acceptors (Lipinski definition) is 5. The molecule has 0 fully saturated rings. The zero-order valence-electron chi connectivity index (χ0n) is 12.7. The van der Waals surface area contributed by atoms with Gasteiger partial charge in [-0.3, -0.25) is 4.98 Å². The molecule has 0 aliphatic rings. The summed E-state index contributed by atoms with van der Waals surface area (Å²) < 4.78 is 4.82. The zero-order valence-corrected chi connectivity index (χ0v) is 12.7. The molecule has 1 rings (SSSR count). The van der Waals surface area contributed by atoms with Crippen molar-refractivity contribution in [3.05, 3.63) is 23.0 Å². The SMILES string of the molecule is COC(=O)C(CC(C)C)Nc1cc(C)nc(C)c1C#N. The molecule has 0 aliphatic carbocycles. The number of nitriles is 1. The number of methoxy groups -OCH3 is 1. The summed E-state index contributed by atoms with van der Waals surface area (Å²) >= 11 is 0. The summed E-state index contributed by atoms with van der Waals surface area (Å²) in [5, 5.41) is 12.4. The first kappa shape index (κ1) is 16.0. The summed E-state index contributed by atoms with van der Waals surface area (Å²) in [4.78, 5) is 16.1. The summed E-state index contributed by atoms with van der Waals surface area (Å²) in [6, 6.07) is 3.44. The van der Waals surface area contributed by atoms with Crippen molar-refractivity contribution < 1.29 is 9.53 Å². The molecule has 0 aromatic carbocycles. The normalized spacial score (nSPS) is 11.8. The summed E-state index contributed by atoms with van der Waals surface area (Å²) in [7, 11) is 1.37. The Balaban J connectivity index is 3.11. The highest BCUT2D eigenvalue weighted by molar-refractivity contribution is 5.80. The minimum atomic E-state index is -0.465. The van der Waals surface area contributed by atoms with Gasteiger partial charge in [0.15, 0.2) is 0 Å². The Morgan fingerprint density at radius 3 is 2.65 bits per heavy atom. The first-order valence-corrected chi connectivity index (χ1v) is 6.61. The third-order valence-electron chi connectivity index (χ3n) is 2.96. The van der Waals surface area contributed by atoms with Gasteiger partial charge in [-0.05, 0) is 32.3 Å². The van der Waals surface area contributed by atoms with E-state index in [1.165, 1.54) is 7.11 Å². The van der Waals surface area contributed by atoms with Crippen LogP contribution >= 0.6 is 0 Å². The Kier molecular flexibility index (Phi) is 5.51. The molecule has 20 heavy (non-hydrogen) atoms. The molecule has 1 unspecified atom stereocenters. The topological polar surface area (TPSA) is 75.0 Å². The highest BCUT2D eigenvalue weighted by Crippen LogP contribution is 2.21. The number of hydrogen-bond donors (Lipinski definition) is 1. The quantitative estimate of drug-likeness (QED) is 0.836. The lowest BCUT2D eigenvalue weighted by atomic mass is 10.0. The molecule has 1 atom stereocenters. The zero-order chi connectivity index (χ0) is 15.3. The fraction of sp³-hybridized carbons (Fsp3) is 0.533. The Labute approximate surface area is 120 Å². The van der Waals surface area contributed by atoms with Gasteiger partial charge in [-0.15, -0.1) is 0 Å². The average molecular weight is 275 g/mol. The molecular formula is C15H21N3O2. The molecule has 5 nitrogen and oxygen atoms in total. The van der Waals surface area contributed by atoms with E-state index >= 15 is 0 Å². The number of rotatable bonds is 5. The maximum absolute atomic E-state index is 11.8. The van der Waals surface area contributed by atoms with Gasteiger partial charge in [0.25, 0.3) is 0 Å². The van der Waals surface area contributed by atoms with E-state index in [9.17, 15) is 10.1 Å². The Bertz CT molecular complexity index is 533. The van der Waals surface area contributed by atoms with Crippen molar-refractivity contribution in [2.45, 2.75) is 40.2 Å². The standard InChI is InChI=1S/C15H21N3O2/c1-9(2)6-14(15(19)20-5)18-13-7-10(3)17-11(4)12(13)8-16/h7,9,14H,6H2,1-5H3,(H,17,18). The van der Waals surface area contributed by atoms with Crippen molar-refractivity contribution in [3.8, 4) is 6.07 Å². The molecule has 0 aliphatic heterocycles. The van der Waals surface area contributed by atoms with Crippen LogP contribution in [0.1, 0.15) is 37.2 Å². The predicted molar refractivity (Wildman–Crippen MR) is 77.3 cm³/mol. The van der Waals surface area contributed by atoms with Gasteiger partial charge in [0, 0.05) is 5.69 Å². The van der Waals surface area contributed by atoms with E-state index in [0.29, 0.717) is 29.3 Å². The van der Waals surface area contributed by atoms with Gasteiger partial charge in [-0.1, -0.05) is 13.8 Å². The van der Waals surface area contributed by atoms with Crippen LogP contribution in [0.5, 0.6) is 0 Å². The number of ether oxygens (including phenoxy) is 1. The van der Waals surface area contributed by atoms with Crippen LogP contribution in [-0.4, -0.2) is 24.1 Å². The van der Waals surface area contributed by atoms with Gasteiger partial charge in [0.1, 0.15) is 12.1 Å². The number of anilines is 1. The fourth-order valence-corrected chi connectivity index (χ4v) is 2.10. The molecule has 0 amide bonds. The monoisotopic (exact) mass is 275 g/mol. The number of aryl methyl sites for hydroxylation is 2. The van der Waals surface area contributed by atoms with Gasteiger partial charge >= 0.3 is 5.97 Å². The highest BCUT2D eigenvalue weighted by Gasteiger charge is 2.22. The van der Waals surface area contributed by atoms with E-state index in [0.717, 1.165) is 5.69 Å². The van der Waals surface area contributed by atoms with Crippen LogP contribution in [0.25, 0.3) is 0 Å². The molecule has 0 radical (unpaired) electrons. The lowest BCUT2D eigenvalue weighted by molar-refractivity contribution is -0.141. The first-order chi connectivity index (χ1) is 9.38. The van der Waals surface area contributed by atoms with Crippen molar-refractivity contribution in [2.75, 3.05) is 12.4 Å². The van der Waals surface area contributed by atoms with Gasteiger partial charge < -0.3 is 10.1 Å². The lowest BCUT2D eigenvalue weighted by Gasteiger charge is -2.20. The minimum Gasteiger partial charge on any atom is -0.467 e. The van der Waals surface area contributed by atoms with Crippen LogP contribution in [0, 0.1) is 31.1 Å². The van der Waals surface area contributed by atoms with Gasteiger partial charge in [0.05, 0.1) is 24.1 Å². The van der Waals surface area contributed by atoms with Crippen LogP contribution in [0.4, 0.5) is 5.69 Å². The Hall–Kier alpha value is -2.09. The van der Waals surface area contributed by atoms with Crippen LogP contribution in [0.15, 0.2) is 6.07 Å². The van der Waals surface area contributed by atoms with Crippen molar-refractivity contribution in [1.82, 2.24) is 4.98 Å². The molecule has 1 aromatic rings. The predicted octanol–water partition coefficient (Wildman–Crippen LogP) is 2.57. The first-order valence-electron chi connectivity index (χ1n) is 6.61. The number of pyridine rings is 1. The number of nitrogens with zero attached hydrogens (tertiary/aromatic N) is 2. The molecule has 0 bridgehead atoms. The third-order valence-corrected chi connectivity index (χ3v) is 2.96. The molecular weight excluding hydrogens is 254 g/mol. The molecule has 0 spiro atoms. The van der Waals surface area contributed by atoms with Crippen molar-refractivity contribution in [1.29, 1.82) is 5.26 Å². The van der Waals surface area contributed by atoms with Crippen LogP contribution in [-0.2, 0) is 9.53 Å². The molecule has 0 saturated carbocycles. The average Bonchev–Trinajstić information content (AvgIpc) is 2.36. The largest absolute Gasteiger partial charge is 0.467 e. The van der Waals surface area contributed by atoms with E-state index < -0.39 is 6.04 Å². The van der Waals surface area contributed by atoms with Crippen molar-refractivity contribution in [3.63, 3.8) is 0 Å². The van der Waals surface area contributed by atoms with Gasteiger partial charge in [-0.2, -0.15) is 5.26 Å². The van der Waals surface area contributed by atoms with Gasteiger partial charge in [0.2, 0.25) is 0 Å². The number of esters is 1. The molecule has 0 saturated heterocycles. The van der Waals surface area contributed by atoms with E-state index in [1.807, 2.05) is 20.8 Å². The van der Waals surface area contributed by atoms with Crippen LogP contribution in [0.3, 0.4) is 0 Å². The number of carbonyl (C=O) groups excluding carboxylic acids is 1. The summed E-state index contributed by atoms with van der Waals surface area (Å²) in [6.45, 7) is 7.71. The molecule has 1 N–H and O–H groups in total. The second-order valence-corrected chi connectivity index (χ2v) is 5.23. The molecule has 1 heterocycles. The maximum atomic E-state index is 11.8. The molecule has 5 heteroatoms. The van der Waals surface area contributed by atoms with Gasteiger partial charge in [-0.25, -0.2) is 4.79 Å². The molecule has 108 valence electrons. The van der Waals surface area contributed by atoms with Crippen LogP contribution < -0.4 is 5.32 Å². The Morgan fingerprint density at radius 2 is 2.15 bits per heavy atom.